The Morgan fingerprint density at radius 3 is 3.12 bits per heavy atom. The molecule has 1 heterocycles. The summed E-state index contributed by atoms with van der Waals surface area (Å²) in [5, 5.41) is 2.06. The Balaban J connectivity index is 2.50. The second-order valence-electron chi connectivity index (χ2n) is 1.41. The highest BCUT2D eigenvalue weighted by atomic mass is 32.1. The molecule has 0 saturated heterocycles. The number of thiol groups is 1. The minimum atomic E-state index is 0.862. The molecule has 44 valence electrons. The summed E-state index contributed by atoms with van der Waals surface area (Å²) in [5.74, 6) is 0. The Bertz CT molecular complexity index is 136. The van der Waals surface area contributed by atoms with E-state index in [0.29, 0.717) is 0 Å². The molecule has 1 nitrogen and oxygen atoms in total. The average Bonchev–Trinajstić information content (AvgIpc) is 2.19. The van der Waals surface area contributed by atoms with E-state index in [1.165, 1.54) is 4.88 Å². The Kier molecular flexibility index (Phi) is 2.39. The molecule has 0 unspecified atom stereocenters. The zero-order valence-electron chi connectivity index (χ0n) is 4.29. The van der Waals surface area contributed by atoms with Gasteiger partial charge in [-0.2, -0.15) is 0 Å². The van der Waals surface area contributed by atoms with Crippen LogP contribution in [-0.4, -0.2) is 0 Å². The van der Waals surface area contributed by atoms with Crippen molar-refractivity contribution < 1.29 is 0 Å². The summed E-state index contributed by atoms with van der Waals surface area (Å²) in [7, 11) is 0. The van der Waals surface area contributed by atoms with Crippen molar-refractivity contribution in [3.63, 3.8) is 0 Å². The Labute approximate surface area is 58.3 Å². The third kappa shape index (κ3) is 1.51. The van der Waals surface area contributed by atoms with Crippen LogP contribution in [-0.2, 0) is 6.54 Å². The summed E-state index contributed by atoms with van der Waals surface area (Å²) in [4.78, 5) is 1.32. The zero-order chi connectivity index (χ0) is 5.82. The van der Waals surface area contributed by atoms with Gasteiger partial charge in [-0.05, 0) is 11.4 Å². The molecule has 8 heavy (non-hydrogen) atoms. The van der Waals surface area contributed by atoms with Crippen molar-refractivity contribution in [2.24, 2.45) is 0 Å². The second kappa shape index (κ2) is 3.12. The lowest BCUT2D eigenvalue weighted by molar-refractivity contribution is 1.01. The van der Waals surface area contributed by atoms with Gasteiger partial charge in [-0.15, -0.1) is 11.3 Å². The van der Waals surface area contributed by atoms with Gasteiger partial charge in [-0.25, -0.2) is 0 Å². The summed E-state index contributed by atoms with van der Waals surface area (Å²) in [5.41, 5.74) is 0. The van der Waals surface area contributed by atoms with Crippen LogP contribution in [0.1, 0.15) is 4.88 Å². The Morgan fingerprint density at radius 2 is 2.62 bits per heavy atom. The van der Waals surface area contributed by atoms with Crippen molar-refractivity contribution in [2.75, 3.05) is 0 Å². The fourth-order valence-corrected chi connectivity index (χ4v) is 1.41. The molecule has 0 fully saturated rings. The third-order valence-corrected chi connectivity index (χ3v) is 1.87. The van der Waals surface area contributed by atoms with E-state index < -0.39 is 0 Å². The van der Waals surface area contributed by atoms with Crippen molar-refractivity contribution >= 4 is 24.2 Å². The molecule has 0 spiro atoms. The molecular weight excluding hydrogens is 138 g/mol. The summed E-state index contributed by atoms with van der Waals surface area (Å²) < 4.78 is 2.77. The maximum Gasteiger partial charge on any atom is 0.0401 e. The van der Waals surface area contributed by atoms with Gasteiger partial charge in [0.1, 0.15) is 0 Å². The quantitative estimate of drug-likeness (QED) is 0.603. The summed E-state index contributed by atoms with van der Waals surface area (Å²) in [6, 6.07) is 4.11. The maximum atomic E-state index is 3.86. The molecule has 0 amide bonds. The van der Waals surface area contributed by atoms with Gasteiger partial charge in [0.05, 0.1) is 0 Å². The first-order chi connectivity index (χ1) is 3.93. The highest BCUT2D eigenvalue weighted by Crippen LogP contribution is 2.06. The molecule has 0 aliphatic rings. The lowest BCUT2D eigenvalue weighted by atomic mass is 10.5. The van der Waals surface area contributed by atoms with Crippen LogP contribution in [0.5, 0.6) is 0 Å². The summed E-state index contributed by atoms with van der Waals surface area (Å²) in [6.07, 6.45) is 0. The van der Waals surface area contributed by atoms with E-state index >= 15 is 0 Å². The topological polar surface area (TPSA) is 12.0 Å². The fourth-order valence-electron chi connectivity index (χ4n) is 0.491. The van der Waals surface area contributed by atoms with E-state index in [-0.39, 0.29) is 0 Å². The number of thiophene rings is 1. The van der Waals surface area contributed by atoms with Gasteiger partial charge in [-0.3, -0.25) is 4.72 Å². The van der Waals surface area contributed by atoms with E-state index in [2.05, 4.69) is 29.0 Å². The van der Waals surface area contributed by atoms with Crippen LogP contribution in [0.25, 0.3) is 0 Å². The van der Waals surface area contributed by atoms with Gasteiger partial charge in [0.2, 0.25) is 0 Å². The molecule has 1 aromatic rings. The van der Waals surface area contributed by atoms with Crippen LogP contribution in [0.15, 0.2) is 17.5 Å². The largest absolute Gasteiger partial charge is 0.262 e. The lowest BCUT2D eigenvalue weighted by Gasteiger charge is -1.88. The second-order valence-corrected chi connectivity index (χ2v) is 2.76. The SMILES string of the molecule is SNCc1cccs1. The Hall–Kier alpha value is 0.01000. The normalized spacial score (nSPS) is 9.62. The van der Waals surface area contributed by atoms with E-state index in [1.807, 2.05) is 6.07 Å². The third-order valence-electron chi connectivity index (χ3n) is 0.833. The molecule has 0 radical (unpaired) electrons. The van der Waals surface area contributed by atoms with Crippen LogP contribution in [0.4, 0.5) is 0 Å². The summed E-state index contributed by atoms with van der Waals surface area (Å²) >= 11 is 5.60. The standard InChI is InChI=1S/C5H7NS2/c7-6-4-5-2-1-3-8-5/h1-3,6-7H,4H2. The van der Waals surface area contributed by atoms with Crippen molar-refractivity contribution in [1.29, 1.82) is 0 Å². The molecule has 0 aliphatic heterocycles. The van der Waals surface area contributed by atoms with Gasteiger partial charge in [0.25, 0.3) is 0 Å². The number of hydrogen-bond donors (Lipinski definition) is 2. The van der Waals surface area contributed by atoms with Gasteiger partial charge >= 0.3 is 0 Å². The number of rotatable bonds is 2. The van der Waals surface area contributed by atoms with Crippen LogP contribution < -0.4 is 4.72 Å². The molecule has 3 heteroatoms. The van der Waals surface area contributed by atoms with Crippen molar-refractivity contribution in [3.05, 3.63) is 22.4 Å². The first-order valence-electron chi connectivity index (χ1n) is 2.33. The monoisotopic (exact) mass is 145 g/mol. The zero-order valence-corrected chi connectivity index (χ0v) is 6.01. The average molecular weight is 145 g/mol. The predicted molar refractivity (Wildman–Crippen MR) is 40.1 cm³/mol. The lowest BCUT2D eigenvalue weighted by Crippen LogP contribution is -1.94. The predicted octanol–water partition coefficient (Wildman–Crippen LogP) is 1.68. The summed E-state index contributed by atoms with van der Waals surface area (Å²) in [6.45, 7) is 0.862. The molecule has 0 atom stereocenters. The van der Waals surface area contributed by atoms with Gasteiger partial charge < -0.3 is 0 Å². The Morgan fingerprint density at radius 1 is 1.75 bits per heavy atom. The first-order valence-corrected chi connectivity index (χ1v) is 3.65. The van der Waals surface area contributed by atoms with Gasteiger partial charge in [0.15, 0.2) is 0 Å². The smallest absolute Gasteiger partial charge is 0.0401 e. The van der Waals surface area contributed by atoms with Crippen molar-refractivity contribution in [2.45, 2.75) is 6.54 Å². The minimum absolute atomic E-state index is 0.862. The van der Waals surface area contributed by atoms with Crippen molar-refractivity contribution in [3.8, 4) is 0 Å². The highest BCUT2D eigenvalue weighted by molar-refractivity contribution is 7.78. The van der Waals surface area contributed by atoms with Gasteiger partial charge in [-0.1, -0.05) is 18.9 Å². The number of nitrogens with one attached hydrogen (secondary N) is 1. The van der Waals surface area contributed by atoms with Crippen molar-refractivity contribution in [1.82, 2.24) is 4.72 Å². The van der Waals surface area contributed by atoms with E-state index in [1.54, 1.807) is 11.3 Å². The number of hydrogen-bond acceptors (Lipinski definition) is 3. The molecule has 0 saturated carbocycles. The fraction of sp³-hybridized carbons (Fsp3) is 0.200. The highest BCUT2D eigenvalue weighted by Gasteiger charge is 1.86. The maximum absolute atomic E-state index is 3.86. The molecular formula is C5H7NS2. The van der Waals surface area contributed by atoms with Crippen LogP contribution in [0, 0.1) is 0 Å². The minimum Gasteiger partial charge on any atom is -0.262 e. The van der Waals surface area contributed by atoms with Crippen LogP contribution >= 0.6 is 24.2 Å². The van der Waals surface area contributed by atoms with Crippen LogP contribution in [0.3, 0.4) is 0 Å². The molecule has 0 aromatic carbocycles. The molecule has 1 N–H and O–H groups in total. The molecule has 0 aliphatic carbocycles. The molecule has 1 rings (SSSR count). The van der Waals surface area contributed by atoms with Crippen LogP contribution in [0.2, 0.25) is 0 Å². The first kappa shape index (κ1) is 6.13. The van der Waals surface area contributed by atoms with E-state index in [4.69, 9.17) is 0 Å². The van der Waals surface area contributed by atoms with E-state index in [9.17, 15) is 0 Å². The molecule has 1 aromatic heterocycles. The van der Waals surface area contributed by atoms with E-state index in [0.717, 1.165) is 6.54 Å². The van der Waals surface area contributed by atoms with Gasteiger partial charge in [0, 0.05) is 11.4 Å². The molecule has 0 bridgehead atoms.